The van der Waals surface area contributed by atoms with Crippen molar-refractivity contribution in [2.24, 2.45) is 5.92 Å². The Balaban J connectivity index is 1.69. The summed E-state index contributed by atoms with van der Waals surface area (Å²) in [4.78, 5) is 6.84. The lowest BCUT2D eigenvalue weighted by molar-refractivity contribution is 0.385. The molecule has 0 spiro atoms. The molecule has 1 saturated heterocycles. The van der Waals surface area contributed by atoms with Crippen molar-refractivity contribution in [3.8, 4) is 0 Å². The van der Waals surface area contributed by atoms with Crippen LogP contribution in [0.15, 0.2) is 30.6 Å². The minimum Gasteiger partial charge on any atom is -0.358 e. The second-order valence-electron chi connectivity index (χ2n) is 5.28. The fraction of sp³-hybridized carbons (Fsp3) is 0.533. The van der Waals surface area contributed by atoms with Gasteiger partial charge >= 0.3 is 0 Å². The zero-order valence-electron chi connectivity index (χ0n) is 11.5. The maximum absolute atomic E-state index is 4.36. The van der Waals surface area contributed by atoms with E-state index in [0.717, 1.165) is 31.2 Å². The van der Waals surface area contributed by atoms with Gasteiger partial charge in [0.25, 0.3) is 0 Å². The van der Waals surface area contributed by atoms with E-state index in [4.69, 9.17) is 0 Å². The van der Waals surface area contributed by atoms with Crippen LogP contribution in [0.2, 0.25) is 0 Å². The minimum atomic E-state index is 0.832. The van der Waals surface area contributed by atoms with Gasteiger partial charge in [-0.15, -0.1) is 0 Å². The molecule has 2 aromatic rings. The Morgan fingerprint density at radius 2 is 2.16 bits per heavy atom. The number of anilines is 1. The van der Waals surface area contributed by atoms with E-state index in [1.165, 1.54) is 25.2 Å². The van der Waals surface area contributed by atoms with Gasteiger partial charge in [-0.05, 0) is 44.0 Å². The molecule has 0 aromatic carbocycles. The Bertz CT molecular complexity index is 526. The Morgan fingerprint density at radius 1 is 1.32 bits per heavy atom. The number of rotatable bonds is 4. The highest BCUT2D eigenvalue weighted by Gasteiger charge is 2.20. The van der Waals surface area contributed by atoms with Gasteiger partial charge in [0, 0.05) is 25.5 Å². The SMILES string of the molecule is CCNCC1CCN(c2cccc3nccn23)CC1. The molecule has 0 aliphatic carbocycles. The molecule has 19 heavy (non-hydrogen) atoms. The summed E-state index contributed by atoms with van der Waals surface area (Å²) >= 11 is 0. The van der Waals surface area contributed by atoms with Crippen LogP contribution in [0.1, 0.15) is 19.8 Å². The molecule has 0 saturated carbocycles. The summed E-state index contributed by atoms with van der Waals surface area (Å²) in [7, 11) is 0. The Labute approximate surface area is 114 Å². The number of fused-ring (bicyclic) bond motifs is 1. The number of hydrogen-bond donors (Lipinski definition) is 1. The van der Waals surface area contributed by atoms with Crippen LogP contribution >= 0.6 is 0 Å². The van der Waals surface area contributed by atoms with Gasteiger partial charge in [0.05, 0.1) is 0 Å². The van der Waals surface area contributed by atoms with Crippen molar-refractivity contribution in [3.05, 3.63) is 30.6 Å². The standard InChI is InChI=1S/C15H22N4/c1-2-16-12-13-6-9-18(10-7-13)15-5-3-4-14-17-8-11-19(14)15/h3-5,8,11,13,16H,2,6-7,9-10,12H2,1H3. The monoisotopic (exact) mass is 258 g/mol. The van der Waals surface area contributed by atoms with E-state index in [1.807, 2.05) is 6.20 Å². The molecule has 4 nitrogen and oxygen atoms in total. The fourth-order valence-electron chi connectivity index (χ4n) is 2.90. The predicted octanol–water partition coefficient (Wildman–Crippen LogP) is 2.16. The van der Waals surface area contributed by atoms with Crippen molar-refractivity contribution < 1.29 is 0 Å². The first-order valence-electron chi connectivity index (χ1n) is 7.26. The number of pyridine rings is 1. The third-order valence-electron chi connectivity index (χ3n) is 4.03. The molecule has 0 atom stereocenters. The third kappa shape index (κ3) is 2.59. The number of aromatic nitrogens is 2. The van der Waals surface area contributed by atoms with Crippen LogP contribution in [0, 0.1) is 5.92 Å². The molecular weight excluding hydrogens is 236 g/mol. The average molecular weight is 258 g/mol. The Kier molecular flexibility index (Phi) is 3.69. The number of nitrogens with one attached hydrogen (secondary N) is 1. The van der Waals surface area contributed by atoms with Crippen LogP contribution < -0.4 is 10.2 Å². The molecular formula is C15H22N4. The van der Waals surface area contributed by atoms with Crippen molar-refractivity contribution in [1.29, 1.82) is 0 Å². The molecule has 1 N–H and O–H groups in total. The van der Waals surface area contributed by atoms with E-state index in [9.17, 15) is 0 Å². The van der Waals surface area contributed by atoms with Gasteiger partial charge in [0.2, 0.25) is 0 Å². The minimum absolute atomic E-state index is 0.832. The van der Waals surface area contributed by atoms with Gasteiger partial charge in [-0.25, -0.2) is 4.98 Å². The lowest BCUT2D eigenvalue weighted by Crippen LogP contribution is -2.38. The first-order valence-corrected chi connectivity index (χ1v) is 7.26. The molecule has 1 aliphatic rings. The highest BCUT2D eigenvalue weighted by molar-refractivity contribution is 5.51. The Morgan fingerprint density at radius 3 is 2.95 bits per heavy atom. The van der Waals surface area contributed by atoms with Gasteiger partial charge in [-0.3, -0.25) is 4.40 Å². The van der Waals surface area contributed by atoms with Crippen molar-refractivity contribution in [2.75, 3.05) is 31.1 Å². The molecule has 0 bridgehead atoms. The van der Waals surface area contributed by atoms with Crippen LogP contribution in [0.4, 0.5) is 5.82 Å². The normalized spacial score (nSPS) is 17.2. The third-order valence-corrected chi connectivity index (χ3v) is 4.03. The van der Waals surface area contributed by atoms with E-state index in [-0.39, 0.29) is 0 Å². The van der Waals surface area contributed by atoms with Crippen molar-refractivity contribution >= 4 is 11.5 Å². The topological polar surface area (TPSA) is 32.6 Å². The van der Waals surface area contributed by atoms with Crippen molar-refractivity contribution in [2.45, 2.75) is 19.8 Å². The molecule has 1 fully saturated rings. The summed E-state index contributed by atoms with van der Waals surface area (Å²) in [6.45, 7) is 6.71. The molecule has 3 rings (SSSR count). The van der Waals surface area contributed by atoms with Crippen LogP contribution in [-0.4, -0.2) is 35.6 Å². The first kappa shape index (κ1) is 12.5. The van der Waals surface area contributed by atoms with Gasteiger partial charge in [-0.1, -0.05) is 13.0 Å². The zero-order valence-corrected chi connectivity index (χ0v) is 11.5. The van der Waals surface area contributed by atoms with E-state index < -0.39 is 0 Å². The summed E-state index contributed by atoms with van der Waals surface area (Å²) in [5, 5.41) is 3.46. The fourth-order valence-corrected chi connectivity index (χ4v) is 2.90. The molecule has 3 heterocycles. The summed E-state index contributed by atoms with van der Waals surface area (Å²) in [6.07, 6.45) is 6.47. The molecule has 0 amide bonds. The number of nitrogens with zero attached hydrogens (tertiary/aromatic N) is 3. The highest BCUT2D eigenvalue weighted by atomic mass is 15.2. The number of imidazole rings is 1. The summed E-state index contributed by atoms with van der Waals surface area (Å²) < 4.78 is 2.19. The lowest BCUT2D eigenvalue weighted by Gasteiger charge is -2.33. The zero-order chi connectivity index (χ0) is 13.1. The van der Waals surface area contributed by atoms with E-state index >= 15 is 0 Å². The lowest BCUT2D eigenvalue weighted by atomic mass is 9.97. The number of piperidine rings is 1. The van der Waals surface area contributed by atoms with E-state index in [0.29, 0.717) is 0 Å². The highest BCUT2D eigenvalue weighted by Crippen LogP contribution is 2.23. The van der Waals surface area contributed by atoms with Gasteiger partial charge < -0.3 is 10.2 Å². The van der Waals surface area contributed by atoms with Crippen molar-refractivity contribution in [3.63, 3.8) is 0 Å². The number of hydrogen-bond acceptors (Lipinski definition) is 3. The second-order valence-corrected chi connectivity index (χ2v) is 5.28. The van der Waals surface area contributed by atoms with Gasteiger partial charge in [0.1, 0.15) is 11.5 Å². The van der Waals surface area contributed by atoms with Crippen LogP contribution in [0.25, 0.3) is 5.65 Å². The molecule has 1 aliphatic heterocycles. The Hall–Kier alpha value is -1.55. The maximum atomic E-state index is 4.36. The second kappa shape index (κ2) is 5.61. The molecule has 0 radical (unpaired) electrons. The van der Waals surface area contributed by atoms with Crippen LogP contribution in [-0.2, 0) is 0 Å². The van der Waals surface area contributed by atoms with E-state index in [1.54, 1.807) is 0 Å². The largest absolute Gasteiger partial charge is 0.358 e. The predicted molar refractivity (Wildman–Crippen MR) is 78.7 cm³/mol. The van der Waals surface area contributed by atoms with E-state index in [2.05, 4.69) is 50.9 Å². The average Bonchev–Trinajstić information content (AvgIpc) is 2.94. The van der Waals surface area contributed by atoms with Gasteiger partial charge in [-0.2, -0.15) is 0 Å². The molecule has 0 unspecified atom stereocenters. The van der Waals surface area contributed by atoms with Crippen molar-refractivity contribution in [1.82, 2.24) is 14.7 Å². The quantitative estimate of drug-likeness (QED) is 0.912. The molecule has 102 valence electrons. The molecule has 4 heteroatoms. The van der Waals surface area contributed by atoms with Crippen LogP contribution in [0.5, 0.6) is 0 Å². The first-order chi connectivity index (χ1) is 9.38. The summed E-state index contributed by atoms with van der Waals surface area (Å²) in [5.41, 5.74) is 1.03. The summed E-state index contributed by atoms with van der Waals surface area (Å²) in [5.74, 6) is 2.11. The summed E-state index contributed by atoms with van der Waals surface area (Å²) in [6, 6.07) is 6.35. The smallest absolute Gasteiger partial charge is 0.138 e. The van der Waals surface area contributed by atoms with Gasteiger partial charge in [0.15, 0.2) is 0 Å². The van der Waals surface area contributed by atoms with Crippen LogP contribution in [0.3, 0.4) is 0 Å². The molecule has 2 aromatic heterocycles. The maximum Gasteiger partial charge on any atom is 0.138 e.